The van der Waals surface area contributed by atoms with Crippen LogP contribution >= 0.6 is 0 Å². The Hall–Kier alpha value is -2.93. The number of benzene rings is 2. The van der Waals surface area contributed by atoms with Crippen molar-refractivity contribution in [2.45, 2.75) is 20.0 Å². The molecule has 0 aromatic heterocycles. The Labute approximate surface area is 158 Å². The monoisotopic (exact) mass is 372 g/mol. The molecule has 2 aromatic rings. The van der Waals surface area contributed by atoms with Crippen molar-refractivity contribution in [2.75, 3.05) is 32.8 Å². The molecule has 27 heavy (non-hydrogen) atoms. The van der Waals surface area contributed by atoms with Crippen molar-refractivity contribution in [3.63, 3.8) is 0 Å². The molecule has 0 aliphatic carbocycles. The number of aliphatic hydroxyl groups is 1. The zero-order valence-corrected chi connectivity index (χ0v) is 15.9. The van der Waals surface area contributed by atoms with Crippen LogP contribution in [-0.4, -0.2) is 38.4 Å². The van der Waals surface area contributed by atoms with Crippen molar-refractivity contribution in [3.05, 3.63) is 46.5 Å². The fourth-order valence-corrected chi connectivity index (χ4v) is 3.30. The minimum Gasteiger partial charge on any atom is -0.497 e. The van der Waals surface area contributed by atoms with E-state index in [9.17, 15) is 4.79 Å². The Bertz CT molecular complexity index is 843. The molecule has 1 unspecified atom stereocenters. The van der Waals surface area contributed by atoms with Gasteiger partial charge in [-0.1, -0.05) is 0 Å². The molecule has 144 valence electrons. The molecule has 1 amide bonds. The van der Waals surface area contributed by atoms with E-state index in [0.29, 0.717) is 22.7 Å². The summed E-state index contributed by atoms with van der Waals surface area (Å²) in [7, 11) is 3.09. The average molecular weight is 372 g/mol. The molecule has 7 heteroatoms. The quantitative estimate of drug-likeness (QED) is 0.722. The molecule has 7 nitrogen and oxygen atoms in total. The summed E-state index contributed by atoms with van der Waals surface area (Å²) in [4.78, 5) is 12.7. The van der Waals surface area contributed by atoms with E-state index in [2.05, 4.69) is 10.6 Å². The van der Waals surface area contributed by atoms with E-state index < -0.39 is 6.17 Å². The first-order chi connectivity index (χ1) is 13.0. The molecule has 0 saturated heterocycles. The van der Waals surface area contributed by atoms with E-state index >= 15 is 0 Å². The number of fused-ring (bicyclic) bond motifs is 1. The minimum absolute atomic E-state index is 0.0404. The standard InChI is InChI=1S/C20H24N2O5/c1-11-7-13(8-12(2)18(11)27-6-5-23)19-21-15-9-14(25-3)10-16(26-4)17(15)20(24)22-19/h7-10,19,21,23H,5-6H2,1-4H3,(H,22,24). The Morgan fingerprint density at radius 1 is 1.04 bits per heavy atom. The first-order valence-electron chi connectivity index (χ1n) is 8.66. The van der Waals surface area contributed by atoms with Gasteiger partial charge in [-0.15, -0.1) is 0 Å². The summed E-state index contributed by atoms with van der Waals surface area (Å²) in [5.74, 6) is 1.59. The van der Waals surface area contributed by atoms with E-state index in [0.717, 1.165) is 22.4 Å². The van der Waals surface area contributed by atoms with Gasteiger partial charge in [0.25, 0.3) is 5.91 Å². The van der Waals surface area contributed by atoms with Crippen LogP contribution in [0, 0.1) is 13.8 Å². The van der Waals surface area contributed by atoms with Crippen LogP contribution in [0.2, 0.25) is 0 Å². The normalized spacial score (nSPS) is 15.4. The van der Waals surface area contributed by atoms with Gasteiger partial charge >= 0.3 is 0 Å². The van der Waals surface area contributed by atoms with E-state index in [4.69, 9.17) is 19.3 Å². The lowest BCUT2D eigenvalue weighted by Gasteiger charge is -2.30. The lowest BCUT2D eigenvalue weighted by atomic mass is 10.0. The first-order valence-corrected chi connectivity index (χ1v) is 8.66. The maximum absolute atomic E-state index is 12.7. The highest BCUT2D eigenvalue weighted by molar-refractivity contribution is 6.04. The summed E-state index contributed by atoms with van der Waals surface area (Å²) in [6, 6.07) is 7.38. The topological polar surface area (TPSA) is 89.1 Å². The molecule has 1 aliphatic heterocycles. The predicted molar refractivity (Wildman–Crippen MR) is 102 cm³/mol. The summed E-state index contributed by atoms with van der Waals surface area (Å²) in [5, 5.41) is 15.3. The van der Waals surface area contributed by atoms with Gasteiger partial charge in [-0.05, 0) is 42.7 Å². The number of nitrogens with one attached hydrogen (secondary N) is 2. The second kappa shape index (κ2) is 7.75. The number of carbonyl (C=O) groups is 1. The lowest BCUT2D eigenvalue weighted by Crippen LogP contribution is -2.38. The molecule has 3 N–H and O–H groups in total. The molecule has 0 bridgehead atoms. The van der Waals surface area contributed by atoms with Gasteiger partial charge in [0.15, 0.2) is 0 Å². The van der Waals surface area contributed by atoms with Crippen molar-refractivity contribution in [2.24, 2.45) is 0 Å². The molecular weight excluding hydrogens is 348 g/mol. The Balaban J connectivity index is 1.96. The summed E-state index contributed by atoms with van der Waals surface area (Å²) in [5.41, 5.74) is 3.87. The fourth-order valence-electron chi connectivity index (χ4n) is 3.30. The molecule has 0 saturated carbocycles. The van der Waals surface area contributed by atoms with E-state index in [1.54, 1.807) is 19.2 Å². The molecule has 0 radical (unpaired) electrons. The number of anilines is 1. The largest absolute Gasteiger partial charge is 0.497 e. The third kappa shape index (κ3) is 3.64. The van der Waals surface area contributed by atoms with Crippen LogP contribution in [0.3, 0.4) is 0 Å². The minimum atomic E-state index is -0.397. The number of rotatable bonds is 6. The summed E-state index contributed by atoms with van der Waals surface area (Å²) >= 11 is 0. The van der Waals surface area contributed by atoms with Gasteiger partial charge < -0.3 is 30.0 Å². The number of hydrogen-bond acceptors (Lipinski definition) is 6. The average Bonchev–Trinajstić information content (AvgIpc) is 2.66. The van der Waals surface area contributed by atoms with Crippen LogP contribution in [0.15, 0.2) is 24.3 Å². The SMILES string of the molecule is COc1cc2c(c(OC)c1)C(=O)NC(c1cc(C)c(OCCO)c(C)c1)N2. The maximum atomic E-state index is 12.7. The highest BCUT2D eigenvalue weighted by atomic mass is 16.5. The Morgan fingerprint density at radius 2 is 1.74 bits per heavy atom. The highest BCUT2D eigenvalue weighted by Gasteiger charge is 2.29. The van der Waals surface area contributed by atoms with Crippen LogP contribution in [0.5, 0.6) is 17.2 Å². The van der Waals surface area contributed by atoms with E-state index in [1.807, 2.05) is 26.0 Å². The molecule has 1 aliphatic rings. The van der Waals surface area contributed by atoms with Crippen molar-refractivity contribution in [1.29, 1.82) is 0 Å². The van der Waals surface area contributed by atoms with Gasteiger partial charge in [-0.3, -0.25) is 4.79 Å². The van der Waals surface area contributed by atoms with Gasteiger partial charge in [0.1, 0.15) is 35.6 Å². The number of aliphatic hydroxyl groups excluding tert-OH is 1. The maximum Gasteiger partial charge on any atom is 0.259 e. The van der Waals surface area contributed by atoms with Crippen LogP contribution in [0.4, 0.5) is 5.69 Å². The highest BCUT2D eigenvalue weighted by Crippen LogP contribution is 2.37. The van der Waals surface area contributed by atoms with E-state index in [1.165, 1.54) is 7.11 Å². The molecule has 0 fully saturated rings. The van der Waals surface area contributed by atoms with Crippen LogP contribution < -0.4 is 24.8 Å². The number of ether oxygens (including phenoxy) is 3. The number of aryl methyl sites for hydroxylation is 2. The number of methoxy groups -OCH3 is 2. The third-order valence-corrected chi connectivity index (χ3v) is 4.49. The first kappa shape index (κ1) is 18.8. The van der Waals surface area contributed by atoms with Gasteiger partial charge in [0.2, 0.25) is 0 Å². The van der Waals surface area contributed by atoms with Crippen LogP contribution in [-0.2, 0) is 0 Å². The summed E-state index contributed by atoms with van der Waals surface area (Å²) < 4.78 is 16.2. The molecule has 3 rings (SSSR count). The van der Waals surface area contributed by atoms with Gasteiger partial charge in [0.05, 0.1) is 26.5 Å². The van der Waals surface area contributed by atoms with Crippen LogP contribution in [0.25, 0.3) is 0 Å². The molecular formula is C20H24N2O5. The Morgan fingerprint density at radius 3 is 2.33 bits per heavy atom. The number of carbonyl (C=O) groups excluding carboxylic acids is 1. The zero-order chi connectivity index (χ0) is 19.6. The molecule has 0 spiro atoms. The predicted octanol–water partition coefficient (Wildman–Crippen LogP) is 2.55. The smallest absolute Gasteiger partial charge is 0.259 e. The van der Waals surface area contributed by atoms with Crippen molar-refractivity contribution < 1.29 is 24.1 Å². The van der Waals surface area contributed by atoms with Gasteiger partial charge in [0, 0.05) is 12.1 Å². The van der Waals surface area contributed by atoms with Crippen LogP contribution in [0.1, 0.15) is 33.2 Å². The number of amides is 1. The van der Waals surface area contributed by atoms with Crippen molar-refractivity contribution >= 4 is 11.6 Å². The molecule has 1 heterocycles. The number of hydrogen-bond donors (Lipinski definition) is 3. The fraction of sp³-hybridized carbons (Fsp3) is 0.350. The summed E-state index contributed by atoms with van der Waals surface area (Å²) in [6.07, 6.45) is -0.397. The van der Waals surface area contributed by atoms with Crippen molar-refractivity contribution in [3.8, 4) is 17.2 Å². The van der Waals surface area contributed by atoms with Crippen molar-refractivity contribution in [1.82, 2.24) is 5.32 Å². The Kier molecular flexibility index (Phi) is 5.41. The second-order valence-corrected chi connectivity index (χ2v) is 6.36. The lowest BCUT2D eigenvalue weighted by molar-refractivity contribution is 0.0932. The van der Waals surface area contributed by atoms with Gasteiger partial charge in [-0.25, -0.2) is 0 Å². The second-order valence-electron chi connectivity index (χ2n) is 6.36. The van der Waals surface area contributed by atoms with Gasteiger partial charge in [-0.2, -0.15) is 0 Å². The zero-order valence-electron chi connectivity index (χ0n) is 15.9. The summed E-state index contributed by atoms with van der Waals surface area (Å²) in [6.45, 7) is 4.08. The molecule has 1 atom stereocenters. The molecule has 2 aromatic carbocycles. The third-order valence-electron chi connectivity index (χ3n) is 4.49. The van der Waals surface area contributed by atoms with E-state index in [-0.39, 0.29) is 19.1 Å².